The highest BCUT2D eigenvalue weighted by Gasteiger charge is 2.42. The molecule has 2 aliphatic heterocycles. The molecule has 4 rings (SSSR count). The van der Waals surface area contributed by atoms with Crippen LogP contribution >= 0.6 is 24.0 Å². The number of carbonyl (C=O) groups is 1. The first-order valence-electron chi connectivity index (χ1n) is 10.0. The van der Waals surface area contributed by atoms with E-state index in [1.54, 1.807) is 24.4 Å². The number of unbranched alkanes of at least 4 members (excludes halogenated alkanes) is 1. The smallest absolute Gasteiger partial charge is 0.267 e. The van der Waals surface area contributed by atoms with Crippen LogP contribution in [0.25, 0.3) is 11.7 Å². The Morgan fingerprint density at radius 3 is 2.87 bits per heavy atom. The van der Waals surface area contributed by atoms with Gasteiger partial charge < -0.3 is 5.32 Å². The summed E-state index contributed by atoms with van der Waals surface area (Å²) < 4.78 is 25.5. The van der Waals surface area contributed by atoms with Gasteiger partial charge >= 0.3 is 0 Å². The third kappa shape index (κ3) is 4.39. The van der Waals surface area contributed by atoms with Crippen molar-refractivity contribution in [2.24, 2.45) is 0 Å². The maximum absolute atomic E-state index is 13.2. The molecule has 2 fully saturated rings. The molecule has 4 heterocycles. The van der Waals surface area contributed by atoms with E-state index in [1.807, 2.05) is 0 Å². The molecule has 0 aromatic carbocycles. The molecule has 2 aliphatic rings. The number of carbonyl (C=O) groups excluding carboxylic acids is 1. The fraction of sp³-hybridized carbons (Fsp3) is 0.400. The molecule has 1 atom stereocenters. The summed E-state index contributed by atoms with van der Waals surface area (Å²) in [7, 11) is -3.16. The summed E-state index contributed by atoms with van der Waals surface area (Å²) in [5, 5.41) is 3.21. The lowest BCUT2D eigenvalue weighted by Gasteiger charge is -2.20. The van der Waals surface area contributed by atoms with Crippen LogP contribution in [-0.4, -0.2) is 57.0 Å². The molecule has 0 bridgehead atoms. The summed E-state index contributed by atoms with van der Waals surface area (Å²) in [6.45, 7) is 2.72. The van der Waals surface area contributed by atoms with Gasteiger partial charge in [-0.25, -0.2) is 13.4 Å². The molecule has 8 nitrogen and oxygen atoms in total. The van der Waals surface area contributed by atoms with Crippen molar-refractivity contribution in [3.05, 3.63) is 45.2 Å². The molecule has 0 saturated carbocycles. The van der Waals surface area contributed by atoms with Crippen molar-refractivity contribution in [2.45, 2.75) is 32.2 Å². The Labute approximate surface area is 189 Å². The second kappa shape index (κ2) is 8.71. The van der Waals surface area contributed by atoms with E-state index in [0.717, 1.165) is 24.6 Å². The SMILES string of the molecule is CCCCNc1nc2ccccn2c(=O)c1/C=C1\SC(=S)N([C@@H]2CCS(=O)(=O)C2)C1=O. The number of sulfone groups is 1. The first kappa shape index (κ1) is 22.0. The Morgan fingerprint density at radius 2 is 2.16 bits per heavy atom. The van der Waals surface area contributed by atoms with Crippen molar-refractivity contribution in [2.75, 3.05) is 23.4 Å². The average molecular weight is 479 g/mol. The van der Waals surface area contributed by atoms with Gasteiger partial charge in [0, 0.05) is 12.7 Å². The number of rotatable bonds is 6. The highest BCUT2D eigenvalue weighted by Crippen LogP contribution is 2.36. The summed E-state index contributed by atoms with van der Waals surface area (Å²) in [6.07, 6.45) is 5.41. The molecule has 2 saturated heterocycles. The zero-order valence-corrected chi connectivity index (χ0v) is 19.4. The Morgan fingerprint density at radius 1 is 1.35 bits per heavy atom. The largest absolute Gasteiger partial charge is 0.369 e. The molecule has 2 aromatic heterocycles. The maximum atomic E-state index is 13.2. The van der Waals surface area contributed by atoms with Crippen molar-refractivity contribution in [1.29, 1.82) is 0 Å². The number of thiocarbonyl (C=S) groups is 1. The number of anilines is 1. The van der Waals surface area contributed by atoms with Crippen molar-refractivity contribution >= 4 is 61.6 Å². The molecular formula is C20H22N4O4S3. The summed E-state index contributed by atoms with van der Waals surface area (Å²) in [6, 6.07) is 4.83. The van der Waals surface area contributed by atoms with Crippen LogP contribution in [0, 0.1) is 0 Å². The zero-order chi connectivity index (χ0) is 22.2. The quantitative estimate of drug-likeness (QED) is 0.383. The lowest BCUT2D eigenvalue weighted by atomic mass is 10.2. The van der Waals surface area contributed by atoms with Gasteiger partial charge in [-0.3, -0.25) is 18.9 Å². The van der Waals surface area contributed by atoms with Crippen molar-refractivity contribution < 1.29 is 13.2 Å². The molecular weight excluding hydrogens is 456 g/mol. The summed E-state index contributed by atoms with van der Waals surface area (Å²) >= 11 is 6.45. The number of aromatic nitrogens is 2. The van der Waals surface area contributed by atoms with Gasteiger partial charge in [-0.1, -0.05) is 43.4 Å². The highest BCUT2D eigenvalue weighted by molar-refractivity contribution is 8.26. The topological polar surface area (TPSA) is 101 Å². The van der Waals surface area contributed by atoms with Crippen LogP contribution in [-0.2, 0) is 14.6 Å². The molecule has 164 valence electrons. The third-order valence-electron chi connectivity index (χ3n) is 5.26. The number of amides is 1. The normalized spacial score (nSPS) is 22.0. The number of fused-ring (bicyclic) bond motifs is 1. The predicted octanol–water partition coefficient (Wildman–Crippen LogP) is 2.29. The number of nitrogens with one attached hydrogen (secondary N) is 1. The summed E-state index contributed by atoms with van der Waals surface area (Å²) in [5.74, 6) is 0.0129. The molecule has 11 heteroatoms. The van der Waals surface area contributed by atoms with Gasteiger partial charge in [0.1, 0.15) is 15.8 Å². The van der Waals surface area contributed by atoms with Gasteiger partial charge in [-0.2, -0.15) is 0 Å². The number of hydrogen-bond acceptors (Lipinski definition) is 8. The van der Waals surface area contributed by atoms with Crippen molar-refractivity contribution in [3.8, 4) is 0 Å². The zero-order valence-electron chi connectivity index (χ0n) is 16.9. The van der Waals surface area contributed by atoms with Crippen LogP contribution in [0.15, 0.2) is 34.1 Å². The Balaban J connectivity index is 1.73. The average Bonchev–Trinajstić information content (AvgIpc) is 3.22. The van der Waals surface area contributed by atoms with E-state index in [-0.39, 0.29) is 28.5 Å². The van der Waals surface area contributed by atoms with Crippen molar-refractivity contribution in [3.63, 3.8) is 0 Å². The Kier molecular flexibility index (Phi) is 6.18. The van der Waals surface area contributed by atoms with E-state index in [1.165, 1.54) is 15.4 Å². The first-order valence-corrected chi connectivity index (χ1v) is 13.1. The second-order valence-corrected chi connectivity index (χ2v) is 11.4. The number of nitrogens with zero attached hydrogens (tertiary/aromatic N) is 3. The molecule has 31 heavy (non-hydrogen) atoms. The fourth-order valence-electron chi connectivity index (χ4n) is 3.66. The molecule has 2 aromatic rings. The van der Waals surface area contributed by atoms with Gasteiger partial charge in [-0.15, -0.1) is 0 Å². The molecule has 1 amide bonds. The predicted molar refractivity (Wildman–Crippen MR) is 127 cm³/mol. The van der Waals surface area contributed by atoms with Crippen molar-refractivity contribution in [1.82, 2.24) is 14.3 Å². The Hall–Kier alpha value is -2.24. The standard InChI is InChI=1S/C20H22N4O4S3/c1-2-3-8-21-17-14(18(25)23-9-5-4-6-16(23)22-17)11-15-19(26)24(20(29)30-15)13-7-10-31(27,28)12-13/h4-6,9,11,13,21H,2-3,7-8,10,12H2,1H3/b15-11-/t13-/m1/s1. The minimum atomic E-state index is -3.16. The maximum Gasteiger partial charge on any atom is 0.267 e. The highest BCUT2D eigenvalue weighted by atomic mass is 32.2. The van der Waals surface area contributed by atoms with E-state index in [4.69, 9.17) is 12.2 Å². The van der Waals surface area contributed by atoms with Crippen LogP contribution in [0.2, 0.25) is 0 Å². The third-order valence-corrected chi connectivity index (χ3v) is 8.35. The van der Waals surface area contributed by atoms with E-state index < -0.39 is 15.9 Å². The molecule has 0 aliphatic carbocycles. The van der Waals surface area contributed by atoms with Gasteiger partial charge in [-0.05, 0) is 31.1 Å². The van der Waals surface area contributed by atoms with E-state index >= 15 is 0 Å². The monoisotopic (exact) mass is 478 g/mol. The summed E-state index contributed by atoms with van der Waals surface area (Å²) in [5.41, 5.74) is 0.491. The number of thioether (sulfide) groups is 1. The minimum absolute atomic E-state index is 0.0508. The van der Waals surface area contributed by atoms with Gasteiger partial charge in [0.05, 0.1) is 28.0 Å². The molecule has 0 spiro atoms. The lowest BCUT2D eigenvalue weighted by Crippen LogP contribution is -2.39. The second-order valence-electron chi connectivity index (χ2n) is 7.50. The van der Waals surface area contributed by atoms with Crippen LogP contribution in [0.3, 0.4) is 0 Å². The molecule has 1 N–H and O–H groups in total. The van der Waals surface area contributed by atoms with Gasteiger partial charge in [0.15, 0.2) is 9.84 Å². The minimum Gasteiger partial charge on any atom is -0.369 e. The van der Waals surface area contributed by atoms with Crippen LogP contribution < -0.4 is 10.9 Å². The number of hydrogen-bond donors (Lipinski definition) is 1. The van der Waals surface area contributed by atoms with Crippen LogP contribution in [0.1, 0.15) is 31.7 Å². The molecule has 0 radical (unpaired) electrons. The van der Waals surface area contributed by atoms with E-state index in [0.29, 0.717) is 33.7 Å². The van der Waals surface area contributed by atoms with Gasteiger partial charge in [0.25, 0.3) is 11.5 Å². The fourth-order valence-corrected chi connectivity index (χ4v) is 6.74. The first-order chi connectivity index (χ1) is 14.8. The van der Waals surface area contributed by atoms with E-state index in [9.17, 15) is 18.0 Å². The Bertz CT molecular complexity index is 1250. The lowest BCUT2D eigenvalue weighted by molar-refractivity contribution is -0.123. The summed E-state index contributed by atoms with van der Waals surface area (Å²) in [4.78, 5) is 32.5. The van der Waals surface area contributed by atoms with Gasteiger partial charge in [0.2, 0.25) is 0 Å². The molecule has 0 unspecified atom stereocenters. The van der Waals surface area contributed by atoms with E-state index in [2.05, 4.69) is 17.2 Å². The number of pyridine rings is 1. The van der Waals surface area contributed by atoms with Crippen LogP contribution in [0.4, 0.5) is 5.82 Å². The van der Waals surface area contributed by atoms with Crippen LogP contribution in [0.5, 0.6) is 0 Å².